The quantitative estimate of drug-likeness (QED) is 0.543. The maximum absolute atomic E-state index is 13.9. The first-order chi connectivity index (χ1) is 16.4. The van der Waals surface area contributed by atoms with Gasteiger partial charge in [-0.3, -0.25) is 4.79 Å². The Kier molecular flexibility index (Phi) is 8.31. The zero-order chi connectivity index (χ0) is 24.0. The molecular weight excluding hydrogens is 472 g/mol. The van der Waals surface area contributed by atoms with E-state index in [1.54, 1.807) is 36.0 Å². The molecule has 1 unspecified atom stereocenters. The summed E-state index contributed by atoms with van der Waals surface area (Å²) in [7, 11) is -3.97. The molecule has 2 fully saturated rings. The number of sulfone groups is 1. The number of piperidine rings is 1. The summed E-state index contributed by atoms with van der Waals surface area (Å²) in [5.41, 5.74) is 2.45. The van der Waals surface area contributed by atoms with Crippen LogP contribution in [0, 0.1) is 0 Å². The van der Waals surface area contributed by atoms with Crippen LogP contribution in [0.25, 0.3) is 0 Å². The van der Waals surface area contributed by atoms with Crippen LogP contribution in [0.5, 0.6) is 0 Å². The number of benzene rings is 2. The third kappa shape index (κ3) is 5.49. The second-order valence-corrected chi connectivity index (χ2v) is 12.1. The van der Waals surface area contributed by atoms with E-state index < -0.39 is 26.8 Å². The van der Waals surface area contributed by atoms with Crippen molar-refractivity contribution in [2.75, 3.05) is 26.2 Å². The zero-order valence-corrected chi connectivity index (χ0v) is 21.1. The van der Waals surface area contributed by atoms with Crippen molar-refractivity contribution in [2.45, 2.75) is 64.8 Å². The highest BCUT2D eigenvalue weighted by atomic mass is 32.2. The van der Waals surface area contributed by atoms with Crippen LogP contribution < -0.4 is 5.48 Å². The fourth-order valence-corrected chi connectivity index (χ4v) is 7.19. The molecule has 2 heterocycles. The van der Waals surface area contributed by atoms with Crippen molar-refractivity contribution in [3.05, 3.63) is 54.6 Å². The van der Waals surface area contributed by atoms with E-state index >= 15 is 0 Å². The lowest BCUT2D eigenvalue weighted by atomic mass is 9.95. The van der Waals surface area contributed by atoms with Crippen LogP contribution >= 0.6 is 11.8 Å². The van der Waals surface area contributed by atoms with Gasteiger partial charge in [-0.1, -0.05) is 36.9 Å². The summed E-state index contributed by atoms with van der Waals surface area (Å²) < 4.78 is 31.7. The molecule has 2 aliphatic heterocycles. The number of nitrogens with zero attached hydrogens (tertiary/aromatic N) is 1. The lowest BCUT2D eigenvalue weighted by Gasteiger charge is -2.39. The Hall–Kier alpha value is -1.91. The monoisotopic (exact) mass is 504 g/mol. The van der Waals surface area contributed by atoms with E-state index in [0.29, 0.717) is 26.1 Å². The number of rotatable bonds is 8. The summed E-state index contributed by atoms with van der Waals surface area (Å²) in [6.45, 7) is 4.49. The Balaban J connectivity index is 1.55. The number of nitrogens with one attached hydrogen (secondary N) is 1. The first-order valence-corrected chi connectivity index (χ1v) is 14.1. The van der Waals surface area contributed by atoms with Crippen LogP contribution in [0.1, 0.15) is 39.0 Å². The second kappa shape index (κ2) is 11.2. The SMILES string of the molecule is CCN1CCC(C(=O)NOC2CCCCO2)(S(=O)(=O)c2ccc(Sc3ccccc3)cc2)CC1. The van der Waals surface area contributed by atoms with Gasteiger partial charge in [0.15, 0.2) is 20.9 Å². The van der Waals surface area contributed by atoms with Gasteiger partial charge in [0.1, 0.15) is 0 Å². The number of hydrogen-bond donors (Lipinski definition) is 1. The van der Waals surface area contributed by atoms with Gasteiger partial charge in [0.2, 0.25) is 0 Å². The van der Waals surface area contributed by atoms with E-state index in [1.165, 1.54) is 0 Å². The number of carbonyl (C=O) groups excluding carboxylic acids is 1. The number of hydroxylamine groups is 1. The van der Waals surface area contributed by atoms with Crippen molar-refractivity contribution in [2.24, 2.45) is 0 Å². The van der Waals surface area contributed by atoms with E-state index in [0.717, 1.165) is 29.2 Å². The molecule has 7 nitrogen and oxygen atoms in total. The standard InChI is InChI=1S/C25H32N2O5S2/c1-2-27-17-15-25(16-18-27,24(28)26-32-23-10-6-7-19-31-23)34(29,30)22-13-11-21(12-14-22)33-20-8-4-3-5-9-20/h3-5,8-9,11-14,23H,2,6-7,10,15-19H2,1H3,(H,26,28). The predicted octanol–water partition coefficient (Wildman–Crippen LogP) is 4.04. The van der Waals surface area contributed by atoms with E-state index in [1.807, 2.05) is 37.3 Å². The van der Waals surface area contributed by atoms with Gasteiger partial charge < -0.3 is 9.64 Å². The van der Waals surface area contributed by atoms with Gasteiger partial charge in [-0.05, 0) is 68.6 Å². The maximum atomic E-state index is 13.9. The van der Waals surface area contributed by atoms with Gasteiger partial charge in [0.25, 0.3) is 5.91 Å². The largest absolute Gasteiger partial charge is 0.350 e. The molecule has 1 N–H and O–H groups in total. The third-order valence-electron chi connectivity index (χ3n) is 6.57. The van der Waals surface area contributed by atoms with Gasteiger partial charge in [-0.15, -0.1) is 0 Å². The summed E-state index contributed by atoms with van der Waals surface area (Å²) in [5.74, 6) is -0.611. The minimum atomic E-state index is -3.97. The number of likely N-dealkylation sites (tertiary alicyclic amines) is 1. The fourth-order valence-electron chi connectivity index (χ4n) is 4.40. The van der Waals surface area contributed by atoms with Crippen molar-refractivity contribution in [3.63, 3.8) is 0 Å². The van der Waals surface area contributed by atoms with Crippen LogP contribution in [-0.2, 0) is 24.2 Å². The number of amides is 1. The van der Waals surface area contributed by atoms with E-state index in [-0.39, 0.29) is 17.7 Å². The van der Waals surface area contributed by atoms with Crippen LogP contribution in [0.2, 0.25) is 0 Å². The minimum Gasteiger partial charge on any atom is -0.350 e. The van der Waals surface area contributed by atoms with Crippen molar-refractivity contribution in [1.82, 2.24) is 10.4 Å². The predicted molar refractivity (Wildman–Crippen MR) is 131 cm³/mol. The van der Waals surface area contributed by atoms with E-state index in [2.05, 4.69) is 10.4 Å². The Morgan fingerprint density at radius 3 is 2.38 bits per heavy atom. The molecule has 0 aromatic heterocycles. The Bertz CT molecular complexity index is 1050. The highest BCUT2D eigenvalue weighted by Crippen LogP contribution is 2.37. The van der Waals surface area contributed by atoms with Crippen molar-refractivity contribution < 1.29 is 22.8 Å². The first-order valence-electron chi connectivity index (χ1n) is 11.8. The van der Waals surface area contributed by atoms with Gasteiger partial charge >= 0.3 is 0 Å². The summed E-state index contributed by atoms with van der Waals surface area (Å²) in [6.07, 6.45) is 2.46. The number of hydrogen-bond acceptors (Lipinski definition) is 7. The van der Waals surface area contributed by atoms with Gasteiger partial charge in [0.05, 0.1) is 4.90 Å². The smallest absolute Gasteiger partial charge is 0.265 e. The molecule has 0 spiro atoms. The van der Waals surface area contributed by atoms with E-state index in [9.17, 15) is 13.2 Å². The van der Waals surface area contributed by atoms with Crippen LogP contribution in [-0.4, -0.2) is 56.5 Å². The molecule has 0 aliphatic carbocycles. The van der Waals surface area contributed by atoms with Crippen molar-refractivity contribution >= 4 is 27.5 Å². The topological polar surface area (TPSA) is 84.9 Å². The molecule has 0 radical (unpaired) electrons. The molecular formula is C25H32N2O5S2. The molecule has 4 rings (SSSR count). The van der Waals surface area contributed by atoms with E-state index in [4.69, 9.17) is 9.57 Å². The van der Waals surface area contributed by atoms with Gasteiger partial charge in [-0.2, -0.15) is 0 Å². The number of ether oxygens (including phenoxy) is 1. The maximum Gasteiger partial charge on any atom is 0.265 e. The summed E-state index contributed by atoms with van der Waals surface area (Å²) in [4.78, 5) is 23.2. The van der Waals surface area contributed by atoms with Gasteiger partial charge in [-0.25, -0.2) is 18.7 Å². The summed E-state index contributed by atoms with van der Waals surface area (Å²) in [5, 5.41) is 0. The molecule has 2 aromatic rings. The molecule has 0 saturated carbocycles. The summed E-state index contributed by atoms with van der Waals surface area (Å²) >= 11 is 1.56. The molecule has 1 amide bonds. The molecule has 1 atom stereocenters. The fraction of sp³-hybridized carbons (Fsp3) is 0.480. The zero-order valence-electron chi connectivity index (χ0n) is 19.4. The Labute approximate surface area is 206 Å². The average molecular weight is 505 g/mol. The normalized spacial score (nSPS) is 21.1. The highest BCUT2D eigenvalue weighted by Gasteiger charge is 2.53. The molecule has 2 saturated heterocycles. The van der Waals surface area contributed by atoms with Crippen molar-refractivity contribution in [1.29, 1.82) is 0 Å². The van der Waals surface area contributed by atoms with Crippen LogP contribution in [0.4, 0.5) is 0 Å². The molecule has 184 valence electrons. The molecule has 9 heteroatoms. The van der Waals surface area contributed by atoms with Crippen LogP contribution in [0.15, 0.2) is 69.3 Å². The minimum absolute atomic E-state index is 0.152. The molecule has 34 heavy (non-hydrogen) atoms. The van der Waals surface area contributed by atoms with Gasteiger partial charge in [0, 0.05) is 35.9 Å². The molecule has 2 aliphatic rings. The lowest BCUT2D eigenvalue weighted by Crippen LogP contribution is -2.58. The number of carbonyl (C=O) groups is 1. The first kappa shape index (κ1) is 25.2. The average Bonchev–Trinajstić information content (AvgIpc) is 2.88. The third-order valence-corrected chi connectivity index (χ3v) is 10.1. The second-order valence-electron chi connectivity index (χ2n) is 8.66. The lowest BCUT2D eigenvalue weighted by molar-refractivity contribution is -0.202. The highest BCUT2D eigenvalue weighted by molar-refractivity contribution is 7.99. The summed E-state index contributed by atoms with van der Waals surface area (Å²) in [6, 6.07) is 16.7. The van der Waals surface area contributed by atoms with Crippen LogP contribution in [0.3, 0.4) is 0 Å². The molecule has 2 aromatic carbocycles. The van der Waals surface area contributed by atoms with Crippen molar-refractivity contribution in [3.8, 4) is 0 Å². The Morgan fingerprint density at radius 1 is 1.09 bits per heavy atom. The molecule has 0 bridgehead atoms. The Morgan fingerprint density at radius 2 is 1.76 bits per heavy atom.